The maximum Gasteiger partial charge on any atom is 0.271 e. The fraction of sp³-hybridized carbons (Fsp3) is 0.357. The first-order valence-electron chi connectivity index (χ1n) is 12.7. The van der Waals surface area contributed by atoms with Gasteiger partial charge in [0, 0.05) is 56.8 Å². The number of halogens is 1. The topological polar surface area (TPSA) is 71.3 Å². The summed E-state index contributed by atoms with van der Waals surface area (Å²) in [7, 11) is 0. The highest BCUT2D eigenvalue weighted by atomic mass is 35.5. The van der Waals surface area contributed by atoms with Crippen LogP contribution in [0.3, 0.4) is 0 Å². The highest BCUT2D eigenvalue weighted by molar-refractivity contribution is 7.22. The molecule has 37 heavy (non-hydrogen) atoms. The maximum atomic E-state index is 13.5. The second-order valence-electron chi connectivity index (χ2n) is 9.93. The number of hydrogen-bond acceptors (Lipinski definition) is 6. The molecule has 4 aromatic rings. The van der Waals surface area contributed by atoms with Gasteiger partial charge in [-0.2, -0.15) is 0 Å². The molecule has 0 radical (unpaired) electrons. The fourth-order valence-corrected chi connectivity index (χ4v) is 6.70. The SMILES string of the molecule is CC(=O)N1CCN(Cc2ccc3c(c2)CC[C@H](n2cnc4cc(-c5ccnc(Cl)c5)sc4c2=O)C3)CC1. The van der Waals surface area contributed by atoms with Crippen molar-refractivity contribution in [2.45, 2.75) is 38.8 Å². The average Bonchev–Trinajstić information content (AvgIpc) is 3.35. The molecule has 1 saturated heterocycles. The number of carbonyl (C=O) groups excluding carboxylic acids is 1. The van der Waals surface area contributed by atoms with Gasteiger partial charge >= 0.3 is 0 Å². The van der Waals surface area contributed by atoms with Gasteiger partial charge in [0.25, 0.3) is 5.56 Å². The van der Waals surface area contributed by atoms with Crippen LogP contribution in [0, 0.1) is 0 Å². The summed E-state index contributed by atoms with van der Waals surface area (Å²) in [5, 5.41) is 0.430. The normalized spacial score (nSPS) is 18.2. The van der Waals surface area contributed by atoms with Gasteiger partial charge in [-0.3, -0.25) is 19.1 Å². The Morgan fingerprint density at radius 3 is 2.70 bits per heavy atom. The van der Waals surface area contributed by atoms with Crippen LogP contribution in [0.25, 0.3) is 20.7 Å². The van der Waals surface area contributed by atoms with E-state index in [1.807, 2.05) is 27.7 Å². The monoisotopic (exact) mass is 533 g/mol. The number of benzene rings is 1. The molecule has 6 rings (SSSR count). The largest absolute Gasteiger partial charge is 0.340 e. The number of rotatable bonds is 4. The molecule has 0 saturated carbocycles. The Hall–Kier alpha value is -3.07. The highest BCUT2D eigenvalue weighted by Crippen LogP contribution is 2.33. The zero-order valence-electron chi connectivity index (χ0n) is 20.7. The molecule has 7 nitrogen and oxygen atoms in total. The molecule has 1 atom stereocenters. The van der Waals surface area contributed by atoms with Gasteiger partial charge < -0.3 is 4.90 Å². The van der Waals surface area contributed by atoms with Crippen molar-refractivity contribution in [1.82, 2.24) is 24.3 Å². The molecular weight excluding hydrogens is 506 g/mol. The summed E-state index contributed by atoms with van der Waals surface area (Å²) < 4.78 is 2.50. The van der Waals surface area contributed by atoms with E-state index >= 15 is 0 Å². The smallest absolute Gasteiger partial charge is 0.271 e. The van der Waals surface area contributed by atoms with Gasteiger partial charge in [-0.1, -0.05) is 29.8 Å². The van der Waals surface area contributed by atoms with Gasteiger partial charge in [0.1, 0.15) is 9.85 Å². The number of aromatic nitrogens is 3. The molecule has 1 fully saturated rings. The van der Waals surface area contributed by atoms with Crippen molar-refractivity contribution in [2.24, 2.45) is 0 Å². The van der Waals surface area contributed by atoms with Crippen molar-refractivity contribution in [1.29, 1.82) is 0 Å². The number of hydrogen-bond donors (Lipinski definition) is 0. The first kappa shape index (κ1) is 24.3. The number of aryl methyl sites for hydroxylation is 1. The predicted octanol–water partition coefficient (Wildman–Crippen LogP) is 4.57. The second kappa shape index (κ2) is 10.0. The van der Waals surface area contributed by atoms with Crippen molar-refractivity contribution in [3.63, 3.8) is 0 Å². The molecule has 0 N–H and O–H groups in total. The van der Waals surface area contributed by atoms with E-state index in [-0.39, 0.29) is 17.5 Å². The first-order valence-corrected chi connectivity index (χ1v) is 13.9. The molecule has 1 aromatic carbocycles. The minimum Gasteiger partial charge on any atom is -0.340 e. The Bertz CT molecular complexity index is 1540. The van der Waals surface area contributed by atoms with Crippen molar-refractivity contribution in [3.8, 4) is 10.4 Å². The number of pyridine rings is 1. The number of piperazine rings is 1. The highest BCUT2D eigenvalue weighted by Gasteiger charge is 2.24. The summed E-state index contributed by atoms with van der Waals surface area (Å²) in [6.07, 6.45) is 6.08. The van der Waals surface area contributed by atoms with Crippen LogP contribution in [0.1, 0.15) is 36.1 Å². The molecule has 1 aliphatic carbocycles. The van der Waals surface area contributed by atoms with Crippen LogP contribution in [0.5, 0.6) is 0 Å². The van der Waals surface area contributed by atoms with E-state index in [4.69, 9.17) is 11.6 Å². The number of carbonyl (C=O) groups is 1. The molecule has 2 aliphatic rings. The van der Waals surface area contributed by atoms with E-state index in [1.165, 1.54) is 28.0 Å². The molecule has 190 valence electrons. The van der Waals surface area contributed by atoms with Crippen LogP contribution in [0.2, 0.25) is 5.15 Å². The predicted molar refractivity (Wildman–Crippen MR) is 147 cm³/mol. The third kappa shape index (κ3) is 4.93. The van der Waals surface area contributed by atoms with Crippen LogP contribution in [-0.4, -0.2) is 56.4 Å². The second-order valence-corrected chi connectivity index (χ2v) is 11.4. The zero-order chi connectivity index (χ0) is 25.5. The summed E-state index contributed by atoms with van der Waals surface area (Å²) in [6, 6.07) is 12.5. The maximum absolute atomic E-state index is 13.5. The standard InChI is InChI=1S/C28H28ClN5O2S/c1-18(35)33-10-8-32(9-11-33)16-19-2-3-21-13-23(5-4-20(21)12-19)34-17-31-24-15-25(37-27(24)28(34)36)22-6-7-30-26(29)14-22/h2-3,6-7,12,14-15,17,23H,4-5,8-11,13,16H2,1H3/t23-/m0/s1. The lowest BCUT2D eigenvalue weighted by Crippen LogP contribution is -2.47. The molecule has 1 amide bonds. The summed E-state index contributed by atoms with van der Waals surface area (Å²) in [5.41, 5.74) is 5.70. The Balaban J connectivity index is 1.18. The van der Waals surface area contributed by atoms with Crippen LogP contribution in [0.4, 0.5) is 0 Å². The summed E-state index contributed by atoms with van der Waals surface area (Å²) in [4.78, 5) is 39.0. The van der Waals surface area contributed by atoms with E-state index in [0.717, 1.165) is 67.9 Å². The van der Waals surface area contributed by atoms with Crippen LogP contribution in [0.15, 0.2) is 53.7 Å². The lowest BCUT2D eigenvalue weighted by Gasteiger charge is -2.34. The van der Waals surface area contributed by atoms with Crippen LogP contribution in [-0.2, 0) is 24.2 Å². The number of nitrogens with zero attached hydrogens (tertiary/aromatic N) is 5. The summed E-state index contributed by atoms with van der Waals surface area (Å²) in [5.74, 6) is 0.162. The van der Waals surface area contributed by atoms with Crippen molar-refractivity contribution in [3.05, 3.63) is 81.1 Å². The van der Waals surface area contributed by atoms with Gasteiger partial charge in [0.15, 0.2) is 0 Å². The van der Waals surface area contributed by atoms with Crippen molar-refractivity contribution >= 4 is 39.1 Å². The van der Waals surface area contributed by atoms with E-state index in [0.29, 0.717) is 9.85 Å². The lowest BCUT2D eigenvalue weighted by atomic mass is 9.87. The lowest BCUT2D eigenvalue weighted by molar-refractivity contribution is -0.130. The fourth-order valence-electron chi connectivity index (χ4n) is 5.49. The minimum atomic E-state index is 0.0242. The van der Waals surface area contributed by atoms with Crippen LogP contribution < -0.4 is 5.56 Å². The Labute approximate surface area is 224 Å². The summed E-state index contributed by atoms with van der Waals surface area (Å²) in [6.45, 7) is 5.98. The number of thiophene rings is 1. The van der Waals surface area contributed by atoms with Gasteiger partial charge in [0.2, 0.25) is 5.91 Å². The van der Waals surface area contributed by atoms with E-state index in [1.54, 1.807) is 19.4 Å². The minimum absolute atomic E-state index is 0.0242. The van der Waals surface area contributed by atoms with Crippen molar-refractivity contribution in [2.75, 3.05) is 26.2 Å². The molecule has 0 spiro atoms. The Kier molecular flexibility index (Phi) is 6.56. The van der Waals surface area contributed by atoms with E-state index in [9.17, 15) is 9.59 Å². The third-order valence-electron chi connectivity index (χ3n) is 7.56. The average molecular weight is 534 g/mol. The molecule has 1 aliphatic heterocycles. The molecule has 0 bridgehead atoms. The molecule has 3 aromatic heterocycles. The van der Waals surface area contributed by atoms with Gasteiger partial charge in [-0.05, 0) is 59.7 Å². The van der Waals surface area contributed by atoms with Crippen LogP contribution >= 0.6 is 22.9 Å². The van der Waals surface area contributed by atoms with E-state index in [2.05, 4.69) is 33.1 Å². The van der Waals surface area contributed by atoms with Gasteiger partial charge in [-0.15, -0.1) is 11.3 Å². The van der Waals surface area contributed by atoms with Gasteiger partial charge in [-0.25, -0.2) is 9.97 Å². The summed E-state index contributed by atoms with van der Waals surface area (Å²) >= 11 is 7.52. The molecule has 0 unspecified atom stereocenters. The number of amides is 1. The molecule has 9 heteroatoms. The molecular formula is C28H28ClN5O2S. The molecule has 4 heterocycles. The van der Waals surface area contributed by atoms with Gasteiger partial charge in [0.05, 0.1) is 11.8 Å². The first-order chi connectivity index (χ1) is 17.9. The van der Waals surface area contributed by atoms with Crippen molar-refractivity contribution < 1.29 is 4.79 Å². The number of fused-ring (bicyclic) bond motifs is 2. The third-order valence-corrected chi connectivity index (χ3v) is 8.93. The quantitative estimate of drug-likeness (QED) is 0.359. The Morgan fingerprint density at radius 2 is 1.92 bits per heavy atom. The zero-order valence-corrected chi connectivity index (χ0v) is 22.3. The van der Waals surface area contributed by atoms with E-state index < -0.39 is 0 Å². The Morgan fingerprint density at radius 1 is 1.08 bits per heavy atom.